The van der Waals surface area contributed by atoms with Crippen LogP contribution in [-0.4, -0.2) is 161 Å². The molecule has 0 aromatic heterocycles. The van der Waals surface area contributed by atoms with Crippen LogP contribution in [0.3, 0.4) is 0 Å². The number of hydrogen-bond donors (Lipinski definition) is 9. The first-order valence-corrected chi connectivity index (χ1v) is 13.5. The van der Waals surface area contributed by atoms with Crippen molar-refractivity contribution in [2.75, 3.05) is 41.2 Å². The van der Waals surface area contributed by atoms with Gasteiger partial charge in [-0.1, -0.05) is 20.8 Å². The Hall–Kier alpha value is 0.0883. The van der Waals surface area contributed by atoms with E-state index in [1.807, 2.05) is 0 Å². The maximum Gasteiger partial charge on any atom is 0.162 e. The monoisotopic (exact) mass is 789 g/mol. The van der Waals surface area contributed by atoms with E-state index >= 15 is 0 Å². The van der Waals surface area contributed by atoms with Gasteiger partial charge in [-0.15, -0.1) is 0 Å². The molecule has 0 aliphatic carbocycles. The number of aliphatic hydroxyl groups excluding tert-OH is 9. The molecule has 3 aliphatic heterocycles. The Bertz CT molecular complexity index is 522. The quantitative estimate of drug-likeness (QED) is 0.122. The van der Waals surface area contributed by atoms with Gasteiger partial charge >= 0.3 is 0 Å². The second-order valence-electron chi connectivity index (χ2n) is 9.90. The molecule has 3 aliphatic rings. The molecule has 3 saturated heterocycles. The minimum Gasteiger partial charge on any atom is -0.394 e. The van der Waals surface area contributed by atoms with Crippen LogP contribution >= 0.6 is 0 Å². The van der Waals surface area contributed by atoms with Crippen molar-refractivity contribution in [2.24, 2.45) is 17.8 Å². The number of hydrogen-bond acceptors (Lipinski definition) is 15. The van der Waals surface area contributed by atoms with Crippen molar-refractivity contribution in [3.63, 3.8) is 0 Å². The first-order chi connectivity index (χ1) is 19.3. The van der Waals surface area contributed by atoms with Crippen LogP contribution < -0.4 is 0 Å². The Morgan fingerprint density at radius 1 is 0.476 bits per heavy atom. The molecule has 15 atom stereocenters. The molecule has 3 rings (SSSR count). The molecule has 0 aromatic rings. The average molecular weight is 790 g/mol. The molecule has 0 radical (unpaired) electrons. The topological polar surface area (TPSA) is 237 Å². The molecule has 16 heteroatoms. The number of ether oxygens (including phenoxy) is 6. The SMILES string of the molecule is COC1OC(CO)C(O)C(O)C1C.COC1OC(CO)C(O)C(O)C1C.COC1OC(CO)C(O)C(O)C1C.[CH2-]C.[W]. The van der Waals surface area contributed by atoms with Crippen LogP contribution in [0.15, 0.2) is 0 Å². The zero-order valence-corrected chi connectivity index (χ0v) is 28.3. The fourth-order valence-electron chi connectivity index (χ4n) is 4.47. The molecule has 0 amide bonds. The first-order valence-electron chi connectivity index (χ1n) is 13.5. The largest absolute Gasteiger partial charge is 0.394 e. The van der Waals surface area contributed by atoms with E-state index in [2.05, 4.69) is 6.92 Å². The Morgan fingerprint density at radius 3 is 0.810 bits per heavy atom. The van der Waals surface area contributed by atoms with Gasteiger partial charge in [0.2, 0.25) is 0 Å². The van der Waals surface area contributed by atoms with Gasteiger partial charge in [-0.25, -0.2) is 0 Å². The molecule has 254 valence electrons. The molecule has 15 unspecified atom stereocenters. The van der Waals surface area contributed by atoms with Crippen LogP contribution in [0.4, 0.5) is 0 Å². The van der Waals surface area contributed by atoms with E-state index in [4.69, 9.17) is 43.7 Å². The van der Waals surface area contributed by atoms with Gasteiger partial charge in [0.15, 0.2) is 18.9 Å². The maximum atomic E-state index is 9.53. The van der Waals surface area contributed by atoms with Gasteiger partial charge < -0.3 is 81.3 Å². The van der Waals surface area contributed by atoms with Crippen LogP contribution in [0.2, 0.25) is 0 Å². The standard InChI is InChI=1S/3C8H16O5.C2H5.W/c3*1-4-6(10)7(11)5(3-9)13-8(4)12-2;1-2;/h3*4-11H,3H2,1-2H3;1H2,2H3;/q;;;-1;. The molecule has 0 saturated carbocycles. The van der Waals surface area contributed by atoms with E-state index in [-0.39, 0.29) is 58.6 Å². The van der Waals surface area contributed by atoms with Gasteiger partial charge in [-0.2, -0.15) is 6.92 Å². The van der Waals surface area contributed by atoms with Crippen molar-refractivity contribution in [2.45, 2.75) is 102 Å². The summed E-state index contributed by atoms with van der Waals surface area (Å²) in [5, 5.41) is 83.4. The van der Waals surface area contributed by atoms with Crippen molar-refractivity contribution < 1.29 is 95.4 Å². The maximum absolute atomic E-state index is 9.53. The number of methoxy groups -OCH3 is 3. The van der Waals surface area contributed by atoms with Crippen molar-refractivity contribution in [3.05, 3.63) is 6.92 Å². The minimum absolute atomic E-state index is 0. The van der Waals surface area contributed by atoms with Crippen molar-refractivity contribution in [1.82, 2.24) is 0 Å². The third kappa shape index (κ3) is 11.8. The molecule has 42 heavy (non-hydrogen) atoms. The van der Waals surface area contributed by atoms with E-state index in [9.17, 15) is 30.6 Å². The summed E-state index contributed by atoms with van der Waals surface area (Å²) in [7, 11) is 4.38. The summed E-state index contributed by atoms with van der Waals surface area (Å²) in [4.78, 5) is 0. The summed E-state index contributed by atoms with van der Waals surface area (Å²) >= 11 is 0. The minimum atomic E-state index is -1.05. The summed E-state index contributed by atoms with van der Waals surface area (Å²) in [6.45, 7) is 9.17. The Kier molecular flexibility index (Phi) is 23.8. The molecule has 3 heterocycles. The van der Waals surface area contributed by atoms with E-state index in [1.54, 1.807) is 27.7 Å². The van der Waals surface area contributed by atoms with E-state index in [1.165, 1.54) is 21.3 Å². The predicted octanol–water partition coefficient (Wildman–Crippen LogP) is -3.04. The summed E-state index contributed by atoms with van der Waals surface area (Å²) < 4.78 is 30.4. The number of rotatable bonds is 6. The van der Waals surface area contributed by atoms with Crippen LogP contribution in [0.5, 0.6) is 0 Å². The van der Waals surface area contributed by atoms with Gasteiger partial charge in [0.1, 0.15) is 36.6 Å². The molecule has 0 aromatic carbocycles. The molecule has 3 fully saturated rings. The molecule has 15 nitrogen and oxygen atoms in total. The van der Waals surface area contributed by atoms with Crippen molar-refractivity contribution in [3.8, 4) is 0 Å². The predicted molar refractivity (Wildman–Crippen MR) is 143 cm³/mol. The number of aliphatic hydroxyl groups is 9. The van der Waals surface area contributed by atoms with Gasteiger partial charge in [0, 0.05) is 60.1 Å². The van der Waals surface area contributed by atoms with Crippen LogP contribution in [0.1, 0.15) is 27.7 Å². The Balaban J connectivity index is 0. The van der Waals surface area contributed by atoms with Gasteiger partial charge in [0.25, 0.3) is 0 Å². The normalized spacial score (nSPS) is 43.2. The molecular weight excluding hydrogens is 736 g/mol. The fraction of sp³-hybridized carbons (Fsp3) is 0.962. The second-order valence-corrected chi connectivity index (χ2v) is 9.90. The van der Waals surface area contributed by atoms with Crippen LogP contribution in [0, 0.1) is 24.7 Å². The van der Waals surface area contributed by atoms with E-state index in [0.717, 1.165) is 0 Å². The Morgan fingerprint density at radius 2 is 0.667 bits per heavy atom. The van der Waals surface area contributed by atoms with E-state index < -0.39 is 73.8 Å². The zero-order chi connectivity index (χ0) is 32.0. The van der Waals surface area contributed by atoms with E-state index in [0.29, 0.717) is 0 Å². The Labute approximate surface area is 262 Å². The van der Waals surface area contributed by atoms with Crippen LogP contribution in [0.25, 0.3) is 0 Å². The fourth-order valence-corrected chi connectivity index (χ4v) is 4.47. The van der Waals surface area contributed by atoms with Gasteiger partial charge in [-0.3, -0.25) is 0 Å². The summed E-state index contributed by atoms with van der Waals surface area (Å²) in [6, 6.07) is 0. The van der Waals surface area contributed by atoms with Crippen LogP contribution in [-0.2, 0) is 49.5 Å². The zero-order valence-electron chi connectivity index (χ0n) is 25.4. The summed E-state index contributed by atoms with van der Waals surface area (Å²) in [6.07, 6.45) is -9.93. The van der Waals surface area contributed by atoms with Crippen molar-refractivity contribution in [1.29, 1.82) is 0 Å². The third-order valence-electron chi connectivity index (χ3n) is 7.26. The average Bonchev–Trinajstić information content (AvgIpc) is 3.00. The summed E-state index contributed by atoms with van der Waals surface area (Å²) in [5.41, 5.74) is 0. The molecule has 9 N–H and O–H groups in total. The molecular formula is C26H53O15W-. The summed E-state index contributed by atoms with van der Waals surface area (Å²) in [5.74, 6) is -0.909. The van der Waals surface area contributed by atoms with Crippen molar-refractivity contribution >= 4 is 0 Å². The smallest absolute Gasteiger partial charge is 0.162 e. The molecule has 0 spiro atoms. The molecule has 0 bridgehead atoms. The third-order valence-corrected chi connectivity index (χ3v) is 7.26. The van der Waals surface area contributed by atoms with Gasteiger partial charge in [0.05, 0.1) is 38.1 Å². The second kappa shape index (κ2) is 22.6. The van der Waals surface area contributed by atoms with Gasteiger partial charge in [-0.05, 0) is 0 Å². The first kappa shape index (κ1) is 44.2.